The van der Waals surface area contributed by atoms with Gasteiger partial charge in [0.25, 0.3) is 0 Å². The number of hydrogen-bond acceptors (Lipinski definition) is 1. The number of anilines is 1. The highest BCUT2D eigenvalue weighted by molar-refractivity contribution is 14.0. The molecule has 0 aromatic heterocycles. The highest BCUT2D eigenvalue weighted by atomic mass is 127. The van der Waals surface area contributed by atoms with E-state index in [1.54, 1.807) is 0 Å². The monoisotopic (exact) mass is 383 g/mol. The highest BCUT2D eigenvalue weighted by Crippen LogP contribution is 2.51. The number of nitrogens with zero attached hydrogens (tertiary/aromatic N) is 1. The fourth-order valence-electron chi connectivity index (χ4n) is 3.39. The summed E-state index contributed by atoms with van der Waals surface area (Å²) in [6, 6.07) is 7.07. The first-order valence-electron chi connectivity index (χ1n) is 7.52. The molecule has 0 heterocycles. The third-order valence-corrected chi connectivity index (χ3v) is 4.71. The van der Waals surface area contributed by atoms with Crippen LogP contribution in [0.2, 0.25) is 0 Å². The van der Waals surface area contributed by atoms with E-state index in [2.05, 4.69) is 28.5 Å². The van der Waals surface area contributed by atoms with Crippen LogP contribution < -0.4 is 11.1 Å². The molecule has 0 aliphatic heterocycles. The van der Waals surface area contributed by atoms with Crippen LogP contribution in [0.25, 0.3) is 0 Å². The summed E-state index contributed by atoms with van der Waals surface area (Å²) in [7, 11) is 0. The molecule has 3 nitrogen and oxygen atoms in total. The molecule has 108 valence electrons. The van der Waals surface area contributed by atoms with Crippen LogP contribution in [0, 0.1) is 11.8 Å². The second kappa shape index (κ2) is 5.54. The second-order valence-corrected chi connectivity index (χ2v) is 6.28. The molecule has 3 aliphatic rings. The van der Waals surface area contributed by atoms with E-state index in [1.807, 2.05) is 0 Å². The van der Waals surface area contributed by atoms with E-state index in [-0.39, 0.29) is 24.0 Å². The van der Waals surface area contributed by atoms with Crippen molar-refractivity contribution in [2.45, 2.75) is 44.6 Å². The van der Waals surface area contributed by atoms with E-state index in [4.69, 9.17) is 5.73 Å². The second-order valence-electron chi connectivity index (χ2n) is 6.28. The molecule has 4 rings (SSSR count). The van der Waals surface area contributed by atoms with Gasteiger partial charge in [0.1, 0.15) is 0 Å². The molecular weight excluding hydrogens is 361 g/mol. The number of nitrogens with two attached hydrogens (primary N) is 1. The fraction of sp³-hybridized carbons (Fsp3) is 0.562. The Balaban J connectivity index is 0.00000121. The van der Waals surface area contributed by atoms with Crippen LogP contribution in [0.15, 0.2) is 23.2 Å². The first kappa shape index (κ1) is 14.2. The summed E-state index contributed by atoms with van der Waals surface area (Å²) in [6.45, 7) is 0. The number of benzene rings is 1. The molecule has 2 fully saturated rings. The van der Waals surface area contributed by atoms with E-state index < -0.39 is 0 Å². The summed E-state index contributed by atoms with van der Waals surface area (Å²) in [4.78, 5) is 4.60. The van der Waals surface area contributed by atoms with Gasteiger partial charge in [-0.2, -0.15) is 0 Å². The van der Waals surface area contributed by atoms with Crippen LogP contribution >= 0.6 is 24.0 Å². The van der Waals surface area contributed by atoms with Crippen LogP contribution in [0.4, 0.5) is 5.69 Å². The molecule has 0 amide bonds. The van der Waals surface area contributed by atoms with Gasteiger partial charge in [-0.3, -0.25) is 0 Å². The average molecular weight is 383 g/mol. The molecule has 2 saturated carbocycles. The van der Waals surface area contributed by atoms with Crippen LogP contribution in [0.5, 0.6) is 0 Å². The molecule has 0 bridgehead atoms. The van der Waals surface area contributed by atoms with Gasteiger partial charge >= 0.3 is 0 Å². The van der Waals surface area contributed by atoms with Gasteiger partial charge in [-0.25, -0.2) is 4.99 Å². The SMILES string of the molecule is I.NC(=N[C@@H]1C[C@H]1C1CC1)Nc1ccc2c(c1)CCC2. The Labute approximate surface area is 137 Å². The number of aryl methyl sites for hydroxylation is 2. The Hall–Kier alpha value is -0.780. The lowest BCUT2D eigenvalue weighted by molar-refractivity contribution is 0.686. The Morgan fingerprint density at radius 2 is 2.00 bits per heavy atom. The zero-order chi connectivity index (χ0) is 12.8. The number of aliphatic imine (C=N–C) groups is 1. The normalized spacial score (nSPS) is 27.7. The van der Waals surface area contributed by atoms with Crippen molar-refractivity contribution in [1.29, 1.82) is 0 Å². The molecule has 4 heteroatoms. The van der Waals surface area contributed by atoms with Gasteiger partial charge in [0, 0.05) is 5.69 Å². The maximum atomic E-state index is 6.01. The number of halogens is 1. The lowest BCUT2D eigenvalue weighted by Crippen LogP contribution is -2.23. The largest absolute Gasteiger partial charge is 0.370 e. The summed E-state index contributed by atoms with van der Waals surface area (Å²) in [6.07, 6.45) is 7.78. The molecule has 0 spiro atoms. The van der Waals surface area contributed by atoms with Crippen molar-refractivity contribution in [3.63, 3.8) is 0 Å². The van der Waals surface area contributed by atoms with Crippen molar-refractivity contribution >= 4 is 35.6 Å². The molecule has 1 aromatic carbocycles. The van der Waals surface area contributed by atoms with E-state index in [1.165, 1.54) is 49.7 Å². The fourth-order valence-corrected chi connectivity index (χ4v) is 3.39. The topological polar surface area (TPSA) is 50.4 Å². The zero-order valence-corrected chi connectivity index (χ0v) is 14.0. The van der Waals surface area contributed by atoms with Gasteiger partial charge in [-0.1, -0.05) is 6.07 Å². The maximum absolute atomic E-state index is 6.01. The van der Waals surface area contributed by atoms with Crippen molar-refractivity contribution in [3.05, 3.63) is 29.3 Å². The van der Waals surface area contributed by atoms with Gasteiger partial charge in [-0.05, 0) is 73.6 Å². The van der Waals surface area contributed by atoms with Crippen molar-refractivity contribution in [3.8, 4) is 0 Å². The molecule has 20 heavy (non-hydrogen) atoms. The predicted molar refractivity (Wildman–Crippen MR) is 93.7 cm³/mol. The van der Waals surface area contributed by atoms with Gasteiger partial charge in [0.05, 0.1) is 6.04 Å². The van der Waals surface area contributed by atoms with E-state index in [9.17, 15) is 0 Å². The Morgan fingerprint density at radius 3 is 2.80 bits per heavy atom. The quantitative estimate of drug-likeness (QED) is 0.478. The van der Waals surface area contributed by atoms with Crippen molar-refractivity contribution in [1.82, 2.24) is 0 Å². The van der Waals surface area contributed by atoms with Crippen LogP contribution in [0.1, 0.15) is 36.8 Å². The van der Waals surface area contributed by atoms with E-state index in [0.717, 1.165) is 17.5 Å². The number of hydrogen-bond donors (Lipinski definition) is 2. The molecule has 3 aliphatic carbocycles. The third-order valence-electron chi connectivity index (χ3n) is 4.71. The number of guanidine groups is 1. The summed E-state index contributed by atoms with van der Waals surface area (Å²) in [5, 5.41) is 3.25. The van der Waals surface area contributed by atoms with Crippen LogP contribution in [-0.2, 0) is 12.8 Å². The van der Waals surface area contributed by atoms with E-state index >= 15 is 0 Å². The Bertz CT molecular complexity index is 537. The molecular formula is C16H22IN3. The first-order chi connectivity index (χ1) is 9.29. The van der Waals surface area contributed by atoms with Gasteiger partial charge < -0.3 is 11.1 Å². The van der Waals surface area contributed by atoms with Crippen molar-refractivity contribution < 1.29 is 0 Å². The van der Waals surface area contributed by atoms with Crippen LogP contribution in [0.3, 0.4) is 0 Å². The summed E-state index contributed by atoms with van der Waals surface area (Å²) in [5.74, 6) is 2.38. The lowest BCUT2D eigenvalue weighted by Gasteiger charge is -2.07. The van der Waals surface area contributed by atoms with Gasteiger partial charge in [0.2, 0.25) is 0 Å². The molecule has 0 saturated heterocycles. The van der Waals surface area contributed by atoms with Crippen molar-refractivity contribution in [2.75, 3.05) is 5.32 Å². The number of nitrogens with one attached hydrogen (secondary N) is 1. The summed E-state index contributed by atoms with van der Waals surface area (Å²) >= 11 is 0. The molecule has 0 radical (unpaired) electrons. The lowest BCUT2D eigenvalue weighted by atomic mass is 10.1. The smallest absolute Gasteiger partial charge is 0.193 e. The third kappa shape index (κ3) is 2.95. The minimum atomic E-state index is 0. The average Bonchev–Trinajstić information content (AvgIpc) is 3.27. The predicted octanol–water partition coefficient (Wildman–Crippen LogP) is 3.32. The molecule has 2 atom stereocenters. The summed E-state index contributed by atoms with van der Waals surface area (Å²) in [5.41, 5.74) is 10.1. The maximum Gasteiger partial charge on any atom is 0.193 e. The van der Waals surface area contributed by atoms with E-state index in [0.29, 0.717) is 12.0 Å². The van der Waals surface area contributed by atoms with Crippen LogP contribution in [-0.4, -0.2) is 12.0 Å². The zero-order valence-electron chi connectivity index (χ0n) is 11.6. The number of fused-ring (bicyclic) bond motifs is 1. The first-order valence-corrected chi connectivity index (χ1v) is 7.52. The Morgan fingerprint density at radius 1 is 1.20 bits per heavy atom. The number of rotatable bonds is 3. The van der Waals surface area contributed by atoms with Gasteiger partial charge in [-0.15, -0.1) is 24.0 Å². The minimum absolute atomic E-state index is 0. The van der Waals surface area contributed by atoms with Gasteiger partial charge in [0.15, 0.2) is 5.96 Å². The molecule has 1 aromatic rings. The Kier molecular flexibility index (Phi) is 3.93. The molecule has 3 N–H and O–H groups in total. The summed E-state index contributed by atoms with van der Waals surface area (Å²) < 4.78 is 0. The standard InChI is InChI=1S/C16H21N3.HI/c17-16(19-15-9-14(15)11-4-5-11)18-13-7-6-10-2-1-3-12(10)8-13;/h6-8,11,14-15H,1-5,9H2,(H3,17,18,19);1H/t14-,15+;/m0./s1. The highest BCUT2D eigenvalue weighted by Gasteiger charge is 2.47. The minimum Gasteiger partial charge on any atom is -0.370 e. The molecule has 0 unspecified atom stereocenters. The van der Waals surface area contributed by atoms with Crippen molar-refractivity contribution in [2.24, 2.45) is 22.6 Å².